The molecule has 7 nitrogen and oxygen atoms in total. The Morgan fingerprint density at radius 3 is 1.83 bits per heavy atom. The molecule has 0 unspecified atom stereocenters. The van der Waals surface area contributed by atoms with Crippen LogP contribution < -0.4 is 15.2 Å². The van der Waals surface area contributed by atoms with Gasteiger partial charge in [-0.3, -0.25) is 9.69 Å². The number of carbonyl (C=O) groups excluding carboxylic acids is 1. The molecule has 2 aromatic carbocycles. The number of nitrogens with zero attached hydrogens (tertiary/aromatic N) is 2. The van der Waals surface area contributed by atoms with Crippen molar-refractivity contribution < 1.29 is 19.4 Å². The van der Waals surface area contributed by atoms with Crippen LogP contribution in [0.2, 0.25) is 0 Å². The Morgan fingerprint density at radius 1 is 0.933 bits per heavy atom. The molecule has 0 saturated heterocycles. The van der Waals surface area contributed by atoms with Crippen LogP contribution in [0.25, 0.3) is 0 Å². The highest BCUT2D eigenvalue weighted by Gasteiger charge is 2.52. The monoisotopic (exact) mass is 409 g/mol. The van der Waals surface area contributed by atoms with Crippen molar-refractivity contribution in [3.8, 4) is 11.5 Å². The van der Waals surface area contributed by atoms with E-state index in [0.29, 0.717) is 37.2 Å². The number of ether oxygens (including phenoxy) is 2. The van der Waals surface area contributed by atoms with Crippen molar-refractivity contribution in [3.63, 3.8) is 0 Å². The van der Waals surface area contributed by atoms with E-state index in [-0.39, 0.29) is 24.0 Å². The second-order valence-electron chi connectivity index (χ2n) is 7.77. The number of rotatable bonds is 5. The number of methoxy groups -OCH3 is 2. The van der Waals surface area contributed by atoms with E-state index < -0.39 is 5.54 Å². The van der Waals surface area contributed by atoms with Gasteiger partial charge in [0.2, 0.25) is 0 Å². The third kappa shape index (κ3) is 3.29. The summed E-state index contributed by atoms with van der Waals surface area (Å²) in [6.07, 6.45) is 2.39. The van der Waals surface area contributed by atoms with E-state index in [0.717, 1.165) is 11.1 Å². The van der Waals surface area contributed by atoms with E-state index in [2.05, 4.69) is 0 Å². The highest BCUT2D eigenvalue weighted by molar-refractivity contribution is 6.09. The molecule has 7 heteroatoms. The van der Waals surface area contributed by atoms with Gasteiger partial charge in [0.25, 0.3) is 5.91 Å². The Hall–Kier alpha value is -3.06. The Kier molecular flexibility index (Phi) is 5.39. The van der Waals surface area contributed by atoms with Crippen LogP contribution in [0.15, 0.2) is 53.5 Å². The molecule has 1 fully saturated rings. The van der Waals surface area contributed by atoms with Crippen LogP contribution >= 0.6 is 0 Å². The smallest absolute Gasteiger partial charge is 0.266 e. The van der Waals surface area contributed by atoms with Crippen molar-refractivity contribution in [3.05, 3.63) is 59.7 Å². The number of nitrogens with two attached hydrogens (primary N) is 1. The zero-order valence-corrected chi connectivity index (χ0v) is 17.2. The summed E-state index contributed by atoms with van der Waals surface area (Å²) < 4.78 is 10.6. The lowest BCUT2D eigenvalue weighted by Crippen LogP contribution is -2.50. The average Bonchev–Trinajstić information content (AvgIpc) is 3.05. The van der Waals surface area contributed by atoms with Crippen molar-refractivity contribution in [2.75, 3.05) is 14.2 Å². The summed E-state index contributed by atoms with van der Waals surface area (Å²) in [5.41, 5.74) is 6.52. The van der Waals surface area contributed by atoms with Gasteiger partial charge in [0, 0.05) is 6.04 Å². The van der Waals surface area contributed by atoms with Gasteiger partial charge in [-0.2, -0.15) is 0 Å². The summed E-state index contributed by atoms with van der Waals surface area (Å²) in [7, 11) is 3.20. The largest absolute Gasteiger partial charge is 0.497 e. The number of amides is 1. The van der Waals surface area contributed by atoms with Gasteiger partial charge >= 0.3 is 0 Å². The molecule has 0 atom stereocenters. The topological polar surface area (TPSA) is 97.4 Å². The molecule has 2 aromatic rings. The third-order valence-corrected chi connectivity index (χ3v) is 6.10. The zero-order valence-electron chi connectivity index (χ0n) is 17.2. The zero-order chi connectivity index (χ0) is 21.3. The average molecular weight is 409 g/mol. The van der Waals surface area contributed by atoms with Crippen LogP contribution in [-0.2, 0) is 10.3 Å². The van der Waals surface area contributed by atoms with Gasteiger partial charge in [-0.25, -0.2) is 4.99 Å². The first-order valence-corrected chi connectivity index (χ1v) is 10.2. The molecule has 1 aliphatic carbocycles. The van der Waals surface area contributed by atoms with Gasteiger partial charge in [0.05, 0.1) is 20.3 Å². The molecule has 0 aromatic heterocycles. The van der Waals surface area contributed by atoms with Gasteiger partial charge in [-0.15, -0.1) is 0 Å². The third-order valence-electron chi connectivity index (χ3n) is 6.10. The molecule has 2 aliphatic rings. The number of aliphatic hydroxyl groups excluding tert-OH is 1. The SMILES string of the molecule is COc1ccc(C2(c3ccc(OC)cc3)N=C(N)N(C3CCC(O)CC3)C2=O)cc1. The first-order valence-electron chi connectivity index (χ1n) is 10.2. The van der Waals surface area contributed by atoms with Gasteiger partial charge in [-0.05, 0) is 61.1 Å². The van der Waals surface area contributed by atoms with E-state index in [4.69, 9.17) is 20.2 Å². The maximum atomic E-state index is 13.9. The fraction of sp³-hybridized carbons (Fsp3) is 0.391. The van der Waals surface area contributed by atoms with E-state index >= 15 is 0 Å². The van der Waals surface area contributed by atoms with Crippen LogP contribution in [-0.4, -0.2) is 48.2 Å². The molecule has 158 valence electrons. The quantitative estimate of drug-likeness (QED) is 0.790. The predicted molar refractivity (Wildman–Crippen MR) is 113 cm³/mol. The number of aliphatic hydroxyl groups is 1. The van der Waals surface area contributed by atoms with Crippen molar-refractivity contribution in [2.24, 2.45) is 10.7 Å². The van der Waals surface area contributed by atoms with Gasteiger partial charge in [-0.1, -0.05) is 24.3 Å². The standard InChI is InChI=1S/C23H27N3O4/c1-29-19-11-3-15(4-12-19)23(16-5-13-20(30-2)14-6-16)21(28)26(22(24)25-23)17-7-9-18(27)10-8-17/h3-6,11-14,17-18,27H,7-10H2,1-2H3,(H2,24,25). The molecule has 0 bridgehead atoms. The summed E-state index contributed by atoms with van der Waals surface area (Å²) in [6.45, 7) is 0. The molecular formula is C23H27N3O4. The highest BCUT2D eigenvalue weighted by atomic mass is 16.5. The van der Waals surface area contributed by atoms with Crippen molar-refractivity contribution >= 4 is 11.9 Å². The fourth-order valence-electron chi connectivity index (χ4n) is 4.43. The molecule has 1 heterocycles. The second-order valence-corrected chi connectivity index (χ2v) is 7.77. The van der Waals surface area contributed by atoms with E-state index in [1.165, 1.54) is 0 Å². The first kappa shape index (κ1) is 20.2. The van der Waals surface area contributed by atoms with Crippen LogP contribution in [0, 0.1) is 0 Å². The van der Waals surface area contributed by atoms with Crippen LogP contribution in [0.1, 0.15) is 36.8 Å². The Labute approximate surface area is 176 Å². The minimum absolute atomic E-state index is 0.0666. The Morgan fingerprint density at radius 2 is 1.40 bits per heavy atom. The summed E-state index contributed by atoms with van der Waals surface area (Å²) in [6, 6.07) is 14.6. The van der Waals surface area contributed by atoms with Crippen molar-refractivity contribution in [2.45, 2.75) is 43.4 Å². The van der Waals surface area contributed by atoms with Crippen molar-refractivity contribution in [1.29, 1.82) is 0 Å². The number of hydrogen-bond acceptors (Lipinski definition) is 6. The predicted octanol–water partition coefficient (Wildman–Crippen LogP) is 2.41. The maximum Gasteiger partial charge on any atom is 0.266 e. The van der Waals surface area contributed by atoms with Gasteiger partial charge in [0.15, 0.2) is 11.5 Å². The molecule has 30 heavy (non-hydrogen) atoms. The van der Waals surface area contributed by atoms with E-state index in [1.807, 2.05) is 48.5 Å². The molecule has 0 spiro atoms. The number of benzene rings is 2. The Balaban J connectivity index is 1.80. The molecule has 3 N–H and O–H groups in total. The normalized spacial score (nSPS) is 23.2. The summed E-state index contributed by atoms with van der Waals surface area (Å²) in [4.78, 5) is 20.3. The van der Waals surface area contributed by atoms with E-state index in [1.54, 1.807) is 19.1 Å². The minimum atomic E-state index is -1.27. The number of guanidine groups is 1. The van der Waals surface area contributed by atoms with Crippen molar-refractivity contribution in [1.82, 2.24) is 4.90 Å². The van der Waals surface area contributed by atoms with Gasteiger partial charge < -0.3 is 20.3 Å². The second kappa shape index (κ2) is 7.99. The summed E-state index contributed by atoms with van der Waals surface area (Å²) in [5.74, 6) is 1.44. The molecule has 1 amide bonds. The number of carbonyl (C=O) groups is 1. The lowest BCUT2D eigenvalue weighted by molar-refractivity contribution is -0.132. The molecule has 4 rings (SSSR count). The van der Waals surface area contributed by atoms with Crippen LogP contribution in [0.3, 0.4) is 0 Å². The molecule has 0 radical (unpaired) electrons. The molecule has 1 saturated carbocycles. The minimum Gasteiger partial charge on any atom is -0.497 e. The van der Waals surface area contributed by atoms with E-state index in [9.17, 15) is 9.90 Å². The molecular weight excluding hydrogens is 382 g/mol. The lowest BCUT2D eigenvalue weighted by Gasteiger charge is -2.34. The van der Waals surface area contributed by atoms with Crippen LogP contribution in [0.5, 0.6) is 11.5 Å². The fourth-order valence-corrected chi connectivity index (χ4v) is 4.43. The van der Waals surface area contributed by atoms with Gasteiger partial charge in [0.1, 0.15) is 11.5 Å². The van der Waals surface area contributed by atoms with Crippen LogP contribution in [0.4, 0.5) is 0 Å². The summed E-state index contributed by atoms with van der Waals surface area (Å²) in [5, 5.41) is 9.87. The lowest BCUT2D eigenvalue weighted by atomic mass is 9.82. The maximum absolute atomic E-state index is 13.9. The Bertz CT molecular complexity index is 884. The highest BCUT2D eigenvalue weighted by Crippen LogP contribution is 2.42. The summed E-state index contributed by atoms with van der Waals surface area (Å²) >= 11 is 0. The first-order chi connectivity index (χ1) is 14.5. The number of aliphatic imine (C=N–C) groups is 1. The number of hydrogen-bond donors (Lipinski definition) is 2. The molecule has 1 aliphatic heterocycles.